The first kappa shape index (κ1) is 16.0. The summed E-state index contributed by atoms with van der Waals surface area (Å²) in [4.78, 5) is 21.9. The Hall–Kier alpha value is -2.34. The number of rotatable bonds is 5. The third kappa shape index (κ3) is 4.89. The lowest BCUT2D eigenvalue weighted by atomic mass is 10.1. The summed E-state index contributed by atoms with van der Waals surface area (Å²) in [5.74, 6) is 0. The van der Waals surface area contributed by atoms with Crippen molar-refractivity contribution in [1.82, 2.24) is 10.4 Å². The van der Waals surface area contributed by atoms with E-state index in [-0.39, 0.29) is 6.04 Å². The minimum atomic E-state index is -0.457. The monoisotopic (exact) mass is 303 g/mol. The maximum atomic E-state index is 12.0. The fraction of sp³-hybridized carbons (Fsp3) is 0.375. The molecule has 0 saturated carbocycles. The molecule has 1 amide bonds. The predicted molar refractivity (Wildman–Crippen MR) is 84.2 cm³/mol. The van der Waals surface area contributed by atoms with Gasteiger partial charge in [-0.3, -0.25) is 0 Å². The molecule has 1 N–H and O–H groups in total. The lowest BCUT2D eigenvalue weighted by Crippen LogP contribution is -2.38. The SMILES string of the molecule is CO/N=C/C1=CCCN(OC(=O)NC(C)c2ccccc2)C1. The molecule has 0 aliphatic carbocycles. The van der Waals surface area contributed by atoms with Crippen molar-refractivity contribution < 1.29 is 14.5 Å². The van der Waals surface area contributed by atoms with Gasteiger partial charge in [-0.15, -0.1) is 5.06 Å². The van der Waals surface area contributed by atoms with E-state index in [4.69, 9.17) is 4.84 Å². The average Bonchev–Trinajstić information content (AvgIpc) is 2.54. The molecule has 0 bridgehead atoms. The summed E-state index contributed by atoms with van der Waals surface area (Å²) in [6.45, 7) is 3.08. The highest BCUT2D eigenvalue weighted by atomic mass is 16.7. The number of hydrogen-bond donors (Lipinski definition) is 1. The topological polar surface area (TPSA) is 63.2 Å². The standard InChI is InChI=1S/C16H21N3O3/c1-13(15-8-4-3-5-9-15)18-16(20)22-19-10-6-7-14(12-19)11-17-21-2/h3-5,7-9,11,13H,6,10,12H2,1-2H3,(H,18,20)/b17-11+. The maximum absolute atomic E-state index is 12.0. The zero-order chi connectivity index (χ0) is 15.8. The van der Waals surface area contributed by atoms with Crippen LogP contribution in [0.25, 0.3) is 0 Å². The van der Waals surface area contributed by atoms with Crippen molar-refractivity contribution in [3.63, 3.8) is 0 Å². The number of hydroxylamine groups is 2. The summed E-state index contributed by atoms with van der Waals surface area (Å²) in [7, 11) is 1.49. The zero-order valence-electron chi connectivity index (χ0n) is 12.9. The second-order valence-corrected chi connectivity index (χ2v) is 5.00. The molecule has 1 unspecified atom stereocenters. The molecule has 0 radical (unpaired) electrons. The van der Waals surface area contributed by atoms with E-state index >= 15 is 0 Å². The Bertz CT molecular complexity index is 543. The molecule has 22 heavy (non-hydrogen) atoms. The molecule has 1 atom stereocenters. The minimum absolute atomic E-state index is 0.108. The first-order chi connectivity index (χ1) is 10.7. The van der Waals surface area contributed by atoms with Crippen molar-refractivity contribution in [1.29, 1.82) is 0 Å². The fourth-order valence-corrected chi connectivity index (χ4v) is 2.18. The Kier molecular flexibility index (Phi) is 5.97. The molecule has 1 aliphatic rings. The van der Waals surface area contributed by atoms with Gasteiger partial charge in [-0.2, -0.15) is 0 Å². The molecule has 118 valence electrons. The van der Waals surface area contributed by atoms with Gasteiger partial charge >= 0.3 is 6.09 Å². The molecular weight excluding hydrogens is 282 g/mol. The first-order valence-electron chi connectivity index (χ1n) is 7.23. The number of oxime groups is 1. The molecule has 0 fully saturated rings. The molecule has 0 saturated heterocycles. The number of benzene rings is 1. The summed E-state index contributed by atoms with van der Waals surface area (Å²) in [5.41, 5.74) is 1.99. The van der Waals surface area contributed by atoms with E-state index in [2.05, 4.69) is 15.3 Å². The van der Waals surface area contributed by atoms with Crippen LogP contribution in [0, 0.1) is 0 Å². The highest BCUT2D eigenvalue weighted by Gasteiger charge is 2.18. The van der Waals surface area contributed by atoms with E-state index in [1.165, 1.54) is 7.11 Å². The Morgan fingerprint density at radius 1 is 1.41 bits per heavy atom. The molecule has 1 heterocycles. The van der Waals surface area contributed by atoms with Crippen LogP contribution in [0.15, 0.2) is 47.1 Å². The minimum Gasteiger partial charge on any atom is -0.399 e. The van der Waals surface area contributed by atoms with Crippen LogP contribution >= 0.6 is 0 Å². The maximum Gasteiger partial charge on any atom is 0.426 e. The number of amides is 1. The van der Waals surface area contributed by atoms with Crippen molar-refractivity contribution in [2.75, 3.05) is 20.2 Å². The van der Waals surface area contributed by atoms with Crippen LogP contribution in [0.5, 0.6) is 0 Å². The molecule has 0 aromatic heterocycles. The largest absolute Gasteiger partial charge is 0.426 e. The van der Waals surface area contributed by atoms with Gasteiger partial charge in [0, 0.05) is 6.54 Å². The number of nitrogens with zero attached hydrogens (tertiary/aromatic N) is 2. The highest BCUT2D eigenvalue weighted by Crippen LogP contribution is 2.13. The van der Waals surface area contributed by atoms with Gasteiger partial charge in [-0.05, 0) is 24.5 Å². The number of carbonyl (C=O) groups is 1. The molecule has 1 aliphatic heterocycles. The van der Waals surface area contributed by atoms with E-state index in [0.29, 0.717) is 13.1 Å². The van der Waals surface area contributed by atoms with Crippen LogP contribution in [0.3, 0.4) is 0 Å². The Labute approximate surface area is 130 Å². The van der Waals surface area contributed by atoms with Gasteiger partial charge in [-0.25, -0.2) is 4.79 Å². The smallest absolute Gasteiger partial charge is 0.399 e. The Balaban J connectivity index is 1.82. The second kappa shape index (κ2) is 8.19. The molecule has 2 rings (SSSR count). The van der Waals surface area contributed by atoms with Crippen molar-refractivity contribution >= 4 is 12.3 Å². The fourth-order valence-electron chi connectivity index (χ4n) is 2.18. The Morgan fingerprint density at radius 2 is 2.18 bits per heavy atom. The number of hydrogen-bond acceptors (Lipinski definition) is 5. The zero-order valence-corrected chi connectivity index (χ0v) is 12.9. The van der Waals surface area contributed by atoms with Gasteiger partial charge in [0.1, 0.15) is 7.11 Å². The van der Waals surface area contributed by atoms with E-state index < -0.39 is 6.09 Å². The third-order valence-electron chi connectivity index (χ3n) is 3.31. The summed E-state index contributed by atoms with van der Waals surface area (Å²) in [6.07, 6.45) is 4.01. The van der Waals surface area contributed by atoms with Crippen LogP contribution in [-0.2, 0) is 9.68 Å². The van der Waals surface area contributed by atoms with E-state index in [1.54, 1.807) is 11.3 Å². The van der Waals surface area contributed by atoms with Crippen molar-refractivity contribution in [3.8, 4) is 0 Å². The second-order valence-electron chi connectivity index (χ2n) is 5.00. The Morgan fingerprint density at radius 3 is 2.91 bits per heavy atom. The molecular formula is C16H21N3O3. The molecule has 6 nitrogen and oxygen atoms in total. The van der Waals surface area contributed by atoms with Crippen molar-refractivity contribution in [2.45, 2.75) is 19.4 Å². The van der Waals surface area contributed by atoms with E-state index in [1.807, 2.05) is 43.3 Å². The first-order valence-corrected chi connectivity index (χ1v) is 7.23. The van der Waals surface area contributed by atoms with E-state index in [0.717, 1.165) is 17.6 Å². The summed E-state index contributed by atoms with van der Waals surface area (Å²) >= 11 is 0. The summed E-state index contributed by atoms with van der Waals surface area (Å²) in [5, 5.41) is 8.16. The number of carbonyl (C=O) groups excluding carboxylic acids is 1. The third-order valence-corrected chi connectivity index (χ3v) is 3.31. The lowest BCUT2D eigenvalue weighted by Gasteiger charge is -2.25. The normalized spacial score (nSPS) is 16.9. The van der Waals surface area contributed by atoms with Gasteiger partial charge in [0.2, 0.25) is 0 Å². The lowest BCUT2D eigenvalue weighted by molar-refractivity contribution is -0.0941. The van der Waals surface area contributed by atoms with Crippen LogP contribution < -0.4 is 5.32 Å². The van der Waals surface area contributed by atoms with Gasteiger partial charge in [0.15, 0.2) is 0 Å². The van der Waals surface area contributed by atoms with Gasteiger partial charge in [0.25, 0.3) is 0 Å². The van der Waals surface area contributed by atoms with Crippen LogP contribution in [-0.4, -0.2) is 37.6 Å². The van der Waals surface area contributed by atoms with Crippen molar-refractivity contribution in [2.24, 2.45) is 5.16 Å². The predicted octanol–water partition coefficient (Wildman–Crippen LogP) is 2.65. The molecule has 0 spiro atoms. The van der Waals surface area contributed by atoms with Gasteiger partial charge in [-0.1, -0.05) is 41.6 Å². The summed E-state index contributed by atoms with van der Waals surface area (Å²) in [6, 6.07) is 9.65. The number of nitrogens with one attached hydrogen (secondary N) is 1. The van der Waals surface area contributed by atoms with Gasteiger partial charge in [0.05, 0.1) is 18.8 Å². The van der Waals surface area contributed by atoms with Crippen molar-refractivity contribution in [3.05, 3.63) is 47.5 Å². The van der Waals surface area contributed by atoms with Gasteiger partial charge < -0.3 is 15.0 Å². The van der Waals surface area contributed by atoms with Crippen LogP contribution in [0.2, 0.25) is 0 Å². The summed E-state index contributed by atoms with van der Waals surface area (Å²) < 4.78 is 0. The van der Waals surface area contributed by atoms with Crippen LogP contribution in [0.4, 0.5) is 4.79 Å². The average molecular weight is 303 g/mol. The molecule has 6 heteroatoms. The van der Waals surface area contributed by atoms with Crippen LogP contribution in [0.1, 0.15) is 24.9 Å². The van der Waals surface area contributed by atoms with E-state index in [9.17, 15) is 4.79 Å². The highest BCUT2D eigenvalue weighted by molar-refractivity contribution is 5.78. The molecule has 1 aromatic carbocycles. The molecule has 1 aromatic rings. The quantitative estimate of drug-likeness (QED) is 0.671.